The fourth-order valence-electron chi connectivity index (χ4n) is 2.17. The smallest absolute Gasteiger partial charge is 0.257 e. The number of nitrogens with one attached hydrogen (secondary N) is 1. The van der Waals surface area contributed by atoms with E-state index in [1.54, 1.807) is 38.4 Å². The van der Waals surface area contributed by atoms with E-state index in [0.717, 1.165) is 0 Å². The number of hydrogen-bond donors (Lipinski definition) is 1. The van der Waals surface area contributed by atoms with Crippen LogP contribution in [0.3, 0.4) is 0 Å². The van der Waals surface area contributed by atoms with Gasteiger partial charge in [0.2, 0.25) is 10.0 Å². The van der Waals surface area contributed by atoms with E-state index in [-0.39, 0.29) is 10.8 Å². The lowest BCUT2D eigenvalue weighted by molar-refractivity contribution is 0.102. The second-order valence-corrected chi connectivity index (χ2v) is 7.69. The van der Waals surface area contributed by atoms with Gasteiger partial charge in [0.05, 0.1) is 4.90 Å². The Kier molecular flexibility index (Phi) is 5.51. The molecule has 1 amide bonds. The number of rotatable bonds is 6. The summed E-state index contributed by atoms with van der Waals surface area (Å²) in [5.74, 6) is -0.367. The van der Waals surface area contributed by atoms with Gasteiger partial charge >= 0.3 is 0 Å². The number of nitrogens with zero attached hydrogens (tertiary/aromatic N) is 2. The quantitative estimate of drug-likeness (QED) is 0.866. The molecule has 0 aliphatic carbocycles. The van der Waals surface area contributed by atoms with E-state index in [2.05, 4.69) is 10.3 Å². The highest BCUT2D eigenvalue weighted by Gasteiger charge is 2.23. The summed E-state index contributed by atoms with van der Waals surface area (Å²) in [6, 6.07) is 4.60. The van der Waals surface area contributed by atoms with Gasteiger partial charge in [-0.15, -0.1) is 11.3 Å². The molecule has 0 spiro atoms. The molecule has 1 aromatic heterocycles. The minimum absolute atomic E-state index is 0.121. The highest BCUT2D eigenvalue weighted by atomic mass is 32.2. The molecule has 1 aromatic carbocycles. The molecule has 1 N–H and O–H groups in total. The van der Waals surface area contributed by atoms with Crippen molar-refractivity contribution in [1.29, 1.82) is 0 Å². The van der Waals surface area contributed by atoms with Crippen molar-refractivity contribution in [3.05, 3.63) is 40.9 Å². The first kappa shape index (κ1) is 17.6. The number of amides is 1. The van der Waals surface area contributed by atoms with Crippen molar-refractivity contribution in [2.24, 2.45) is 0 Å². The lowest BCUT2D eigenvalue weighted by atomic mass is 10.1. The average molecular weight is 353 g/mol. The average Bonchev–Trinajstić information content (AvgIpc) is 3.01. The largest absolute Gasteiger partial charge is 0.298 e. The number of anilines is 1. The van der Waals surface area contributed by atoms with Gasteiger partial charge in [-0.2, -0.15) is 4.31 Å². The van der Waals surface area contributed by atoms with Crippen LogP contribution < -0.4 is 5.32 Å². The Bertz CT molecular complexity index is 782. The Labute approximate surface area is 140 Å². The zero-order valence-corrected chi connectivity index (χ0v) is 14.9. The highest BCUT2D eigenvalue weighted by molar-refractivity contribution is 7.89. The Balaban J connectivity index is 2.37. The molecular formula is C15H19N3O3S2. The number of aromatic nitrogens is 1. The van der Waals surface area contributed by atoms with Crippen LogP contribution in [0.5, 0.6) is 0 Å². The Morgan fingerprint density at radius 3 is 2.57 bits per heavy atom. The van der Waals surface area contributed by atoms with Gasteiger partial charge in [-0.25, -0.2) is 13.4 Å². The van der Waals surface area contributed by atoms with Crippen molar-refractivity contribution in [2.75, 3.05) is 18.4 Å². The highest BCUT2D eigenvalue weighted by Crippen LogP contribution is 2.21. The molecule has 0 aliphatic heterocycles. The van der Waals surface area contributed by atoms with Gasteiger partial charge < -0.3 is 0 Å². The minimum Gasteiger partial charge on any atom is -0.298 e. The van der Waals surface area contributed by atoms with Crippen molar-refractivity contribution < 1.29 is 13.2 Å². The first-order valence-corrected chi connectivity index (χ1v) is 9.53. The Hall–Kier alpha value is -1.77. The maximum absolute atomic E-state index is 12.6. The van der Waals surface area contributed by atoms with Gasteiger partial charge in [-0.1, -0.05) is 19.9 Å². The number of benzene rings is 1. The maximum atomic E-state index is 12.6. The van der Waals surface area contributed by atoms with E-state index >= 15 is 0 Å². The molecule has 0 bridgehead atoms. The van der Waals surface area contributed by atoms with Gasteiger partial charge in [0.1, 0.15) is 0 Å². The molecule has 8 heteroatoms. The summed E-state index contributed by atoms with van der Waals surface area (Å²) in [5, 5.41) is 4.91. The number of sulfonamides is 1. The van der Waals surface area contributed by atoms with Crippen LogP contribution in [0.4, 0.5) is 5.13 Å². The van der Waals surface area contributed by atoms with Crippen LogP contribution in [-0.4, -0.2) is 36.7 Å². The second-order valence-electron chi connectivity index (χ2n) is 4.86. The van der Waals surface area contributed by atoms with Crippen molar-refractivity contribution >= 4 is 32.4 Å². The van der Waals surface area contributed by atoms with E-state index in [1.165, 1.54) is 27.8 Å². The fourth-order valence-corrected chi connectivity index (χ4v) is 4.18. The fraction of sp³-hybridized carbons (Fsp3) is 0.333. The third-order valence-electron chi connectivity index (χ3n) is 3.45. The van der Waals surface area contributed by atoms with Crippen molar-refractivity contribution in [2.45, 2.75) is 25.7 Å². The van der Waals surface area contributed by atoms with Crippen LogP contribution in [0.1, 0.15) is 29.8 Å². The topological polar surface area (TPSA) is 79.4 Å². The Morgan fingerprint density at radius 1 is 1.30 bits per heavy atom. The van der Waals surface area contributed by atoms with Crippen LogP contribution in [0.25, 0.3) is 0 Å². The van der Waals surface area contributed by atoms with Crippen molar-refractivity contribution in [3.8, 4) is 0 Å². The van der Waals surface area contributed by atoms with E-state index in [0.29, 0.717) is 29.3 Å². The molecular weight excluding hydrogens is 334 g/mol. The van der Waals surface area contributed by atoms with E-state index < -0.39 is 10.0 Å². The molecule has 0 radical (unpaired) electrons. The van der Waals surface area contributed by atoms with Crippen LogP contribution in [-0.2, 0) is 10.0 Å². The second kappa shape index (κ2) is 7.20. The molecule has 0 atom stereocenters. The predicted molar refractivity (Wildman–Crippen MR) is 91.4 cm³/mol. The van der Waals surface area contributed by atoms with Crippen LogP contribution in [0.15, 0.2) is 34.7 Å². The lowest BCUT2D eigenvalue weighted by Gasteiger charge is -2.19. The summed E-state index contributed by atoms with van der Waals surface area (Å²) in [5.41, 5.74) is 1.03. The van der Waals surface area contributed by atoms with E-state index in [9.17, 15) is 13.2 Å². The molecule has 23 heavy (non-hydrogen) atoms. The van der Waals surface area contributed by atoms with Crippen LogP contribution >= 0.6 is 11.3 Å². The predicted octanol–water partition coefficient (Wildman–Crippen LogP) is 2.73. The molecule has 0 fully saturated rings. The zero-order valence-electron chi connectivity index (χ0n) is 13.2. The number of carbonyl (C=O) groups is 1. The Morgan fingerprint density at radius 2 is 2.00 bits per heavy atom. The van der Waals surface area contributed by atoms with Crippen molar-refractivity contribution in [3.63, 3.8) is 0 Å². The first-order chi connectivity index (χ1) is 10.9. The summed E-state index contributed by atoms with van der Waals surface area (Å²) >= 11 is 1.30. The molecule has 124 valence electrons. The van der Waals surface area contributed by atoms with Crippen LogP contribution in [0, 0.1) is 6.92 Å². The molecule has 6 nitrogen and oxygen atoms in total. The minimum atomic E-state index is -3.60. The summed E-state index contributed by atoms with van der Waals surface area (Å²) in [4.78, 5) is 16.5. The van der Waals surface area contributed by atoms with Gasteiger partial charge in [0, 0.05) is 30.2 Å². The SMILES string of the molecule is CCN(CC)S(=O)(=O)c1ccc(C)c(C(=O)Nc2nccs2)c1. The maximum Gasteiger partial charge on any atom is 0.257 e. The normalized spacial score (nSPS) is 11.7. The summed E-state index contributed by atoms with van der Waals surface area (Å²) in [6.07, 6.45) is 1.59. The van der Waals surface area contributed by atoms with Gasteiger partial charge in [-0.05, 0) is 24.6 Å². The summed E-state index contributed by atoms with van der Waals surface area (Å²) in [6.45, 7) is 6.10. The summed E-state index contributed by atoms with van der Waals surface area (Å²) < 4.78 is 26.5. The number of carbonyl (C=O) groups excluding carboxylic acids is 1. The number of thiazole rings is 1. The number of aryl methyl sites for hydroxylation is 1. The van der Waals surface area contributed by atoms with E-state index in [4.69, 9.17) is 0 Å². The third-order valence-corrected chi connectivity index (χ3v) is 6.18. The molecule has 0 aliphatic rings. The number of hydrogen-bond acceptors (Lipinski definition) is 5. The molecule has 0 unspecified atom stereocenters. The lowest BCUT2D eigenvalue weighted by Crippen LogP contribution is -2.30. The molecule has 1 heterocycles. The molecule has 2 rings (SSSR count). The van der Waals surface area contributed by atoms with Gasteiger partial charge in [-0.3, -0.25) is 10.1 Å². The third kappa shape index (κ3) is 3.77. The molecule has 0 saturated heterocycles. The van der Waals surface area contributed by atoms with E-state index in [1.807, 2.05) is 0 Å². The summed E-state index contributed by atoms with van der Waals surface area (Å²) in [7, 11) is -3.60. The van der Waals surface area contributed by atoms with Crippen LogP contribution in [0.2, 0.25) is 0 Å². The zero-order chi connectivity index (χ0) is 17.0. The van der Waals surface area contributed by atoms with Gasteiger partial charge in [0.15, 0.2) is 5.13 Å². The first-order valence-electron chi connectivity index (χ1n) is 7.21. The van der Waals surface area contributed by atoms with Crippen molar-refractivity contribution in [1.82, 2.24) is 9.29 Å². The standard InChI is InChI=1S/C15H19N3O3S2/c1-4-18(5-2)23(20,21)12-7-6-11(3)13(10-12)14(19)17-15-16-8-9-22-15/h6-10H,4-5H2,1-3H3,(H,16,17,19). The molecule has 2 aromatic rings. The monoisotopic (exact) mass is 353 g/mol. The van der Waals surface area contributed by atoms with Gasteiger partial charge in [0.25, 0.3) is 5.91 Å². The molecule has 0 saturated carbocycles.